The summed E-state index contributed by atoms with van der Waals surface area (Å²) in [4.78, 5) is 36.0. The minimum atomic E-state index is -0.940. The second-order valence-electron chi connectivity index (χ2n) is 8.30. The van der Waals surface area contributed by atoms with E-state index >= 15 is 0 Å². The summed E-state index contributed by atoms with van der Waals surface area (Å²) in [5.74, 6) is -1.22. The van der Waals surface area contributed by atoms with Crippen LogP contribution in [-0.4, -0.2) is 48.1 Å². The number of aliphatic hydroxyl groups excluding tert-OH is 1. The lowest BCUT2D eigenvalue weighted by Gasteiger charge is -2.34. The summed E-state index contributed by atoms with van der Waals surface area (Å²) in [6.45, 7) is 8.00. The maximum absolute atomic E-state index is 12.5. The van der Waals surface area contributed by atoms with Gasteiger partial charge in [0.2, 0.25) is 0 Å². The number of allylic oxidation sites excluding steroid dienone is 2. The summed E-state index contributed by atoms with van der Waals surface area (Å²) >= 11 is 0. The standard InChI is InChI=1S/C23H38O6/c1-5-13-28-23-18(4)21(26)15-22(27)29-17(3)9-7-6-8-10-20(25)16(2)14-19(23)11-12-24/h8,10,12,16-19,21,23,26H,5-7,9,11,13-15H2,1-4H3/b10-8+/t16-,17-,18+,19+,21-,23-/m1/s1. The van der Waals surface area contributed by atoms with Crippen LogP contribution < -0.4 is 0 Å². The van der Waals surface area contributed by atoms with Crippen molar-refractivity contribution < 1.29 is 29.0 Å². The first kappa shape index (κ1) is 25.5. The van der Waals surface area contributed by atoms with Gasteiger partial charge in [0.25, 0.3) is 0 Å². The molecular weight excluding hydrogens is 372 g/mol. The van der Waals surface area contributed by atoms with Crippen molar-refractivity contribution in [3.63, 3.8) is 0 Å². The molecule has 0 amide bonds. The lowest BCUT2D eigenvalue weighted by atomic mass is 9.80. The monoisotopic (exact) mass is 410 g/mol. The van der Waals surface area contributed by atoms with E-state index in [4.69, 9.17) is 9.47 Å². The van der Waals surface area contributed by atoms with Gasteiger partial charge in [0.15, 0.2) is 5.78 Å². The molecule has 6 nitrogen and oxygen atoms in total. The highest BCUT2D eigenvalue weighted by molar-refractivity contribution is 5.91. The van der Waals surface area contributed by atoms with Crippen LogP contribution >= 0.6 is 0 Å². The lowest BCUT2D eigenvalue weighted by molar-refractivity contribution is -0.153. The van der Waals surface area contributed by atoms with E-state index in [1.54, 1.807) is 6.08 Å². The SMILES string of the molecule is CCCO[C@H]1[C@@H](CC=O)C[C@@H](C)C(=O)/C=C/CCC[C@@H](C)OC(=O)C[C@@H](O)[C@@H]1C. The van der Waals surface area contributed by atoms with Gasteiger partial charge in [-0.3, -0.25) is 9.59 Å². The lowest BCUT2D eigenvalue weighted by Crippen LogP contribution is -2.40. The van der Waals surface area contributed by atoms with Gasteiger partial charge in [0.1, 0.15) is 6.29 Å². The van der Waals surface area contributed by atoms with Gasteiger partial charge in [0.05, 0.1) is 24.7 Å². The molecule has 0 aromatic carbocycles. The molecule has 1 N–H and O–H groups in total. The van der Waals surface area contributed by atoms with E-state index < -0.39 is 18.2 Å². The fraction of sp³-hybridized carbons (Fsp3) is 0.783. The van der Waals surface area contributed by atoms with Crippen molar-refractivity contribution in [2.24, 2.45) is 17.8 Å². The third kappa shape index (κ3) is 9.22. The first-order valence-electron chi connectivity index (χ1n) is 10.9. The molecule has 1 heterocycles. The van der Waals surface area contributed by atoms with Crippen molar-refractivity contribution >= 4 is 18.0 Å². The van der Waals surface area contributed by atoms with Crippen LogP contribution in [0.4, 0.5) is 0 Å². The molecular formula is C23H38O6. The number of aliphatic hydroxyl groups is 1. The molecule has 0 aromatic heterocycles. The zero-order valence-electron chi connectivity index (χ0n) is 18.3. The van der Waals surface area contributed by atoms with Gasteiger partial charge in [-0.15, -0.1) is 0 Å². The zero-order valence-corrected chi connectivity index (χ0v) is 18.3. The van der Waals surface area contributed by atoms with Crippen molar-refractivity contribution in [3.05, 3.63) is 12.2 Å². The number of carbonyl (C=O) groups is 3. The Morgan fingerprint density at radius 1 is 1.28 bits per heavy atom. The van der Waals surface area contributed by atoms with Gasteiger partial charge in [-0.1, -0.05) is 26.8 Å². The van der Waals surface area contributed by atoms with Crippen LogP contribution in [0.15, 0.2) is 12.2 Å². The first-order chi connectivity index (χ1) is 13.8. The summed E-state index contributed by atoms with van der Waals surface area (Å²) < 4.78 is 11.4. The topological polar surface area (TPSA) is 89.9 Å². The maximum atomic E-state index is 12.5. The van der Waals surface area contributed by atoms with Gasteiger partial charge in [-0.2, -0.15) is 0 Å². The molecule has 6 atom stereocenters. The second kappa shape index (κ2) is 13.6. The van der Waals surface area contributed by atoms with E-state index in [2.05, 4.69) is 0 Å². The molecule has 1 aliphatic heterocycles. The van der Waals surface area contributed by atoms with Crippen molar-refractivity contribution in [1.82, 2.24) is 0 Å². The van der Waals surface area contributed by atoms with Crippen LogP contribution in [-0.2, 0) is 23.9 Å². The van der Waals surface area contributed by atoms with Crippen molar-refractivity contribution in [2.75, 3.05) is 6.61 Å². The normalized spacial score (nSPS) is 34.4. The van der Waals surface area contributed by atoms with Crippen LogP contribution in [0.25, 0.3) is 0 Å². The van der Waals surface area contributed by atoms with Crippen molar-refractivity contribution in [3.8, 4) is 0 Å². The van der Waals surface area contributed by atoms with Crippen LogP contribution in [0.1, 0.15) is 72.6 Å². The van der Waals surface area contributed by atoms with E-state index in [1.165, 1.54) is 0 Å². The van der Waals surface area contributed by atoms with E-state index in [0.717, 1.165) is 25.5 Å². The van der Waals surface area contributed by atoms with E-state index in [-0.39, 0.29) is 42.5 Å². The molecule has 166 valence electrons. The zero-order chi connectivity index (χ0) is 21.8. The Hall–Kier alpha value is -1.53. The van der Waals surface area contributed by atoms with Gasteiger partial charge in [-0.05, 0) is 51.0 Å². The molecule has 0 saturated heterocycles. The third-order valence-electron chi connectivity index (χ3n) is 5.62. The number of carbonyl (C=O) groups excluding carboxylic acids is 3. The number of esters is 1. The summed E-state index contributed by atoms with van der Waals surface area (Å²) in [5.41, 5.74) is 0. The first-order valence-corrected chi connectivity index (χ1v) is 10.9. The number of ketones is 1. The number of ether oxygens (including phenoxy) is 2. The predicted octanol–water partition coefficient (Wildman–Crippen LogP) is 3.64. The number of cyclic esters (lactones) is 1. The fourth-order valence-corrected chi connectivity index (χ4v) is 3.82. The molecule has 0 bridgehead atoms. The minimum Gasteiger partial charge on any atom is -0.463 e. The second-order valence-corrected chi connectivity index (χ2v) is 8.30. The van der Waals surface area contributed by atoms with Gasteiger partial charge in [0, 0.05) is 24.9 Å². The Kier molecular flexibility index (Phi) is 12.0. The number of aldehydes is 1. The molecule has 0 aromatic rings. The Morgan fingerprint density at radius 3 is 2.66 bits per heavy atom. The highest BCUT2D eigenvalue weighted by Gasteiger charge is 2.34. The largest absolute Gasteiger partial charge is 0.463 e. The Labute approximate surface area is 175 Å². The maximum Gasteiger partial charge on any atom is 0.308 e. The molecule has 1 rings (SSSR count). The van der Waals surface area contributed by atoms with E-state index in [0.29, 0.717) is 19.4 Å². The molecule has 0 saturated carbocycles. The van der Waals surface area contributed by atoms with E-state index in [9.17, 15) is 19.5 Å². The molecule has 0 radical (unpaired) electrons. The predicted molar refractivity (Wildman–Crippen MR) is 111 cm³/mol. The smallest absolute Gasteiger partial charge is 0.308 e. The van der Waals surface area contributed by atoms with Crippen LogP contribution in [0.2, 0.25) is 0 Å². The van der Waals surface area contributed by atoms with Crippen LogP contribution in [0.3, 0.4) is 0 Å². The highest BCUT2D eigenvalue weighted by Crippen LogP contribution is 2.30. The van der Waals surface area contributed by atoms with Gasteiger partial charge >= 0.3 is 5.97 Å². The summed E-state index contributed by atoms with van der Waals surface area (Å²) in [5, 5.41) is 10.7. The average Bonchev–Trinajstić information content (AvgIpc) is 2.66. The van der Waals surface area contributed by atoms with Gasteiger partial charge in [-0.25, -0.2) is 0 Å². The Bertz CT molecular complexity index is 543. The average molecular weight is 411 g/mol. The van der Waals surface area contributed by atoms with E-state index in [1.807, 2.05) is 33.8 Å². The molecule has 29 heavy (non-hydrogen) atoms. The van der Waals surface area contributed by atoms with Gasteiger partial charge < -0.3 is 19.4 Å². The summed E-state index contributed by atoms with van der Waals surface area (Å²) in [6, 6.07) is 0. The molecule has 0 fully saturated rings. The molecule has 1 aliphatic rings. The summed E-state index contributed by atoms with van der Waals surface area (Å²) in [6.07, 6.45) is 6.39. The van der Waals surface area contributed by atoms with Crippen LogP contribution in [0, 0.1) is 17.8 Å². The number of rotatable bonds is 5. The Morgan fingerprint density at radius 2 is 2.00 bits per heavy atom. The molecule has 0 aliphatic carbocycles. The number of hydrogen-bond acceptors (Lipinski definition) is 6. The molecule has 0 unspecified atom stereocenters. The van der Waals surface area contributed by atoms with Crippen LogP contribution in [0.5, 0.6) is 0 Å². The minimum absolute atomic E-state index is 0.0370. The van der Waals surface area contributed by atoms with Crippen molar-refractivity contribution in [2.45, 2.75) is 91.0 Å². The third-order valence-corrected chi connectivity index (χ3v) is 5.62. The molecule has 0 spiro atoms. The highest BCUT2D eigenvalue weighted by atomic mass is 16.5. The molecule has 6 heteroatoms. The fourth-order valence-electron chi connectivity index (χ4n) is 3.82. The quantitative estimate of drug-likeness (QED) is 0.550. The Balaban J connectivity index is 3.11. The summed E-state index contributed by atoms with van der Waals surface area (Å²) in [7, 11) is 0. The number of hydrogen-bond donors (Lipinski definition) is 1. The van der Waals surface area contributed by atoms with Crippen molar-refractivity contribution in [1.29, 1.82) is 0 Å².